The highest BCUT2D eigenvalue weighted by molar-refractivity contribution is 6.02. The summed E-state index contributed by atoms with van der Waals surface area (Å²) in [6, 6.07) is 10.8. The number of carbonyl (C=O) groups excluding carboxylic acids is 2. The number of benzene rings is 1. The highest BCUT2D eigenvalue weighted by Gasteiger charge is 2.52. The van der Waals surface area contributed by atoms with Crippen molar-refractivity contribution < 1.29 is 9.59 Å². The summed E-state index contributed by atoms with van der Waals surface area (Å²) in [6.07, 6.45) is 3.00. The van der Waals surface area contributed by atoms with E-state index in [1.54, 1.807) is 19.1 Å². The lowest BCUT2D eigenvalue weighted by molar-refractivity contribution is 0.0449. The average Bonchev–Trinajstić information content (AvgIpc) is 2.93. The number of rotatable bonds is 1. The Labute approximate surface area is 162 Å². The molecule has 7 nitrogen and oxygen atoms in total. The predicted molar refractivity (Wildman–Crippen MR) is 104 cm³/mol. The largest absolute Gasteiger partial charge is 0.362 e. The molecule has 0 aliphatic carbocycles. The smallest absolute Gasteiger partial charge is 0.260 e. The number of para-hydroxylation sites is 1. The summed E-state index contributed by atoms with van der Waals surface area (Å²) < 4.78 is 0. The summed E-state index contributed by atoms with van der Waals surface area (Å²) in [4.78, 5) is 42.6. The van der Waals surface area contributed by atoms with E-state index in [0.29, 0.717) is 18.4 Å². The van der Waals surface area contributed by atoms with Gasteiger partial charge in [0.2, 0.25) is 0 Å². The number of H-pyrrole nitrogens is 1. The van der Waals surface area contributed by atoms with Crippen LogP contribution in [0.3, 0.4) is 0 Å². The van der Waals surface area contributed by atoms with Crippen molar-refractivity contribution in [1.29, 1.82) is 0 Å². The third-order valence-corrected chi connectivity index (χ3v) is 6.21. The normalized spacial score (nSPS) is 27.9. The first-order valence-corrected chi connectivity index (χ1v) is 9.68. The molecular weight excluding hydrogens is 356 g/mol. The van der Waals surface area contributed by atoms with Crippen molar-refractivity contribution >= 4 is 17.5 Å². The molecule has 1 spiro atoms. The van der Waals surface area contributed by atoms with Gasteiger partial charge in [-0.25, -0.2) is 0 Å². The van der Waals surface area contributed by atoms with E-state index >= 15 is 0 Å². The van der Waals surface area contributed by atoms with E-state index < -0.39 is 5.66 Å². The minimum absolute atomic E-state index is 0.00925. The van der Waals surface area contributed by atoms with Crippen LogP contribution in [0.5, 0.6) is 0 Å². The maximum absolute atomic E-state index is 13.1. The molecule has 2 bridgehead atoms. The Bertz CT molecular complexity index is 1030. The van der Waals surface area contributed by atoms with E-state index in [1.807, 2.05) is 29.2 Å². The number of anilines is 1. The number of fused-ring (bicyclic) bond motifs is 3. The number of amides is 2. The van der Waals surface area contributed by atoms with Crippen molar-refractivity contribution in [2.75, 3.05) is 5.32 Å². The van der Waals surface area contributed by atoms with Crippen LogP contribution < -0.4 is 16.2 Å². The van der Waals surface area contributed by atoms with Crippen LogP contribution in [-0.2, 0) is 0 Å². The monoisotopic (exact) mass is 378 g/mol. The molecule has 2 atom stereocenters. The molecule has 0 radical (unpaired) electrons. The first kappa shape index (κ1) is 17.0. The van der Waals surface area contributed by atoms with Crippen LogP contribution in [0, 0.1) is 6.92 Å². The molecule has 3 N–H and O–H groups in total. The fraction of sp³-hybridized carbons (Fsp3) is 0.381. The number of aryl methyl sites for hydroxylation is 1. The zero-order valence-corrected chi connectivity index (χ0v) is 15.6. The van der Waals surface area contributed by atoms with Crippen LogP contribution in [-0.4, -0.2) is 39.4 Å². The van der Waals surface area contributed by atoms with Gasteiger partial charge in [-0.2, -0.15) is 0 Å². The lowest BCUT2D eigenvalue weighted by Gasteiger charge is -2.49. The van der Waals surface area contributed by atoms with Gasteiger partial charge in [-0.05, 0) is 44.0 Å². The van der Waals surface area contributed by atoms with Crippen molar-refractivity contribution in [2.45, 2.75) is 50.4 Å². The molecule has 4 heterocycles. The van der Waals surface area contributed by atoms with Crippen molar-refractivity contribution in [3.63, 3.8) is 0 Å². The highest BCUT2D eigenvalue weighted by atomic mass is 16.2. The molecule has 1 aromatic heterocycles. The summed E-state index contributed by atoms with van der Waals surface area (Å²) in [5.41, 5.74) is 1.50. The van der Waals surface area contributed by atoms with Gasteiger partial charge in [0.15, 0.2) is 0 Å². The Morgan fingerprint density at radius 3 is 2.46 bits per heavy atom. The molecule has 3 aliphatic heterocycles. The topological polar surface area (TPSA) is 94.3 Å². The fourth-order valence-corrected chi connectivity index (χ4v) is 5.03. The Morgan fingerprint density at radius 2 is 1.75 bits per heavy atom. The standard InChI is InChI=1S/C21H22N4O3/c1-12-6-9-16(18(26)22-12)20(28)25-13-7-8-14(25)11-21(10-13)23-17-5-3-2-4-15(17)19(27)24-21/h2-6,9,13-14,23H,7-8,10-11H2,1H3,(H,22,26)(H,24,27)/t13-,14-/m1/s1. The molecule has 7 heteroatoms. The number of hydrogen-bond donors (Lipinski definition) is 3. The van der Waals surface area contributed by atoms with E-state index in [2.05, 4.69) is 15.6 Å². The van der Waals surface area contributed by atoms with Gasteiger partial charge in [0.05, 0.1) is 5.56 Å². The first-order chi connectivity index (χ1) is 13.5. The van der Waals surface area contributed by atoms with Crippen LogP contribution in [0.25, 0.3) is 0 Å². The molecule has 1 aromatic carbocycles. The third kappa shape index (κ3) is 2.53. The van der Waals surface area contributed by atoms with Gasteiger partial charge in [-0.1, -0.05) is 12.1 Å². The SMILES string of the molecule is Cc1ccc(C(=O)N2[C@@H]3CC[C@@H]2CC2(C3)NC(=O)c3ccccc3N2)c(=O)[nH]1. The van der Waals surface area contributed by atoms with Gasteiger partial charge in [0.25, 0.3) is 17.4 Å². The van der Waals surface area contributed by atoms with E-state index in [0.717, 1.165) is 24.2 Å². The number of aromatic nitrogens is 1. The number of pyridine rings is 1. The second kappa shape index (κ2) is 5.95. The van der Waals surface area contributed by atoms with Gasteiger partial charge in [0, 0.05) is 36.3 Å². The lowest BCUT2D eigenvalue weighted by atomic mass is 9.87. The number of aromatic amines is 1. The summed E-state index contributed by atoms with van der Waals surface area (Å²) in [5.74, 6) is -0.297. The molecular formula is C21H22N4O3. The second-order valence-corrected chi connectivity index (χ2v) is 8.10. The van der Waals surface area contributed by atoms with Crippen molar-refractivity contribution in [2.24, 2.45) is 0 Å². The Morgan fingerprint density at radius 1 is 1.04 bits per heavy atom. The quantitative estimate of drug-likeness (QED) is 0.707. The van der Waals surface area contributed by atoms with Crippen LogP contribution in [0.1, 0.15) is 52.1 Å². The molecule has 0 saturated carbocycles. The summed E-state index contributed by atoms with van der Waals surface area (Å²) in [7, 11) is 0. The third-order valence-electron chi connectivity index (χ3n) is 6.21. The van der Waals surface area contributed by atoms with Crippen LogP contribution in [0.2, 0.25) is 0 Å². The Hall–Kier alpha value is -3.09. The fourth-order valence-electron chi connectivity index (χ4n) is 5.03. The molecule has 2 saturated heterocycles. The maximum atomic E-state index is 13.1. The summed E-state index contributed by atoms with van der Waals surface area (Å²) in [5, 5.41) is 6.67. The lowest BCUT2D eigenvalue weighted by Crippen LogP contribution is -2.65. The number of carbonyl (C=O) groups is 2. The van der Waals surface area contributed by atoms with Crippen molar-refractivity contribution in [3.05, 3.63) is 63.6 Å². The minimum atomic E-state index is -0.548. The number of nitrogens with one attached hydrogen (secondary N) is 3. The Kier molecular flexibility index (Phi) is 3.62. The maximum Gasteiger partial charge on any atom is 0.260 e. The first-order valence-electron chi connectivity index (χ1n) is 9.68. The highest BCUT2D eigenvalue weighted by Crippen LogP contribution is 2.43. The predicted octanol–water partition coefficient (Wildman–Crippen LogP) is 2.00. The van der Waals surface area contributed by atoms with E-state index in [-0.39, 0.29) is 35.0 Å². The van der Waals surface area contributed by atoms with Crippen LogP contribution in [0.15, 0.2) is 41.2 Å². The summed E-state index contributed by atoms with van der Waals surface area (Å²) >= 11 is 0. The zero-order chi connectivity index (χ0) is 19.5. The van der Waals surface area contributed by atoms with Crippen LogP contribution >= 0.6 is 0 Å². The summed E-state index contributed by atoms with van der Waals surface area (Å²) in [6.45, 7) is 1.79. The molecule has 28 heavy (non-hydrogen) atoms. The molecule has 0 unspecified atom stereocenters. The van der Waals surface area contributed by atoms with Gasteiger partial charge in [-0.15, -0.1) is 0 Å². The van der Waals surface area contributed by atoms with Gasteiger partial charge in [0.1, 0.15) is 11.2 Å². The molecule has 144 valence electrons. The molecule has 2 amide bonds. The molecule has 3 aliphatic rings. The number of piperidine rings is 1. The van der Waals surface area contributed by atoms with E-state index in [9.17, 15) is 14.4 Å². The Balaban J connectivity index is 1.44. The van der Waals surface area contributed by atoms with Crippen LogP contribution in [0.4, 0.5) is 5.69 Å². The van der Waals surface area contributed by atoms with Gasteiger partial charge in [-0.3, -0.25) is 14.4 Å². The van der Waals surface area contributed by atoms with Gasteiger partial charge < -0.3 is 20.5 Å². The van der Waals surface area contributed by atoms with Gasteiger partial charge >= 0.3 is 0 Å². The second-order valence-electron chi connectivity index (χ2n) is 8.10. The molecule has 2 aromatic rings. The molecule has 5 rings (SSSR count). The average molecular weight is 378 g/mol. The number of hydrogen-bond acceptors (Lipinski definition) is 4. The molecule has 2 fully saturated rings. The minimum Gasteiger partial charge on any atom is -0.362 e. The van der Waals surface area contributed by atoms with Crippen molar-refractivity contribution in [1.82, 2.24) is 15.2 Å². The van der Waals surface area contributed by atoms with E-state index in [1.165, 1.54) is 0 Å². The van der Waals surface area contributed by atoms with E-state index in [4.69, 9.17) is 0 Å². The zero-order valence-electron chi connectivity index (χ0n) is 15.6. The number of nitrogens with zero attached hydrogens (tertiary/aromatic N) is 1. The van der Waals surface area contributed by atoms with Crippen molar-refractivity contribution in [3.8, 4) is 0 Å².